The first-order chi connectivity index (χ1) is 26.0. The molecule has 4 saturated carbocycles. The number of esters is 1. The Morgan fingerprint density at radius 1 is 0.981 bits per heavy atom. The first-order valence-electron chi connectivity index (χ1n) is 19.8. The second-order valence-electron chi connectivity index (χ2n) is 16.3. The van der Waals surface area contributed by atoms with E-state index in [1.165, 1.54) is 4.90 Å². The van der Waals surface area contributed by atoms with Crippen molar-refractivity contribution in [2.24, 2.45) is 23.7 Å². The number of nitrogens with one attached hydrogen (secondary N) is 2. The number of sulfonamides is 1. The Labute approximate surface area is 316 Å². The molecular weight excluding hydrogens is 709 g/mol. The molecule has 2 aromatic rings. The third-order valence-electron chi connectivity index (χ3n) is 12.7. The van der Waals surface area contributed by atoms with Gasteiger partial charge >= 0.3 is 5.97 Å². The summed E-state index contributed by atoms with van der Waals surface area (Å²) in [6, 6.07) is 6.93. The lowest BCUT2D eigenvalue weighted by atomic mass is 9.77. The lowest BCUT2D eigenvalue weighted by Crippen LogP contribution is -2.57. The molecule has 2 aliphatic heterocycles. The van der Waals surface area contributed by atoms with Crippen molar-refractivity contribution in [3.63, 3.8) is 0 Å². The number of benzene rings is 1. The van der Waals surface area contributed by atoms with Crippen molar-refractivity contribution in [2.45, 2.75) is 119 Å². The molecule has 0 unspecified atom stereocenters. The topological polar surface area (TPSA) is 161 Å². The van der Waals surface area contributed by atoms with E-state index in [9.17, 15) is 27.6 Å². The van der Waals surface area contributed by atoms with Crippen LogP contribution in [0, 0.1) is 23.7 Å². The molecule has 8 rings (SSSR count). The maximum absolute atomic E-state index is 14.9. The Hall–Kier alpha value is -4.26. The highest BCUT2D eigenvalue weighted by Gasteiger charge is 2.62. The highest BCUT2D eigenvalue weighted by atomic mass is 32.2. The van der Waals surface area contributed by atoms with Gasteiger partial charge in [-0.1, -0.05) is 49.6 Å². The van der Waals surface area contributed by atoms with Gasteiger partial charge in [0.2, 0.25) is 27.7 Å². The van der Waals surface area contributed by atoms with Crippen LogP contribution in [0.2, 0.25) is 0 Å². The average Bonchev–Trinajstić information content (AvgIpc) is 4.06. The summed E-state index contributed by atoms with van der Waals surface area (Å²) in [5.74, 6) is -2.73. The van der Waals surface area contributed by atoms with Crippen LogP contribution in [0.25, 0.3) is 16.8 Å². The van der Waals surface area contributed by atoms with Gasteiger partial charge in [-0.15, -0.1) is 6.58 Å². The van der Waals surface area contributed by atoms with Crippen LogP contribution in [0.4, 0.5) is 0 Å². The van der Waals surface area contributed by atoms with Crippen molar-refractivity contribution in [1.29, 1.82) is 0 Å². The van der Waals surface area contributed by atoms with Gasteiger partial charge < -0.3 is 19.7 Å². The van der Waals surface area contributed by atoms with Crippen LogP contribution in [0.3, 0.4) is 0 Å². The van der Waals surface area contributed by atoms with E-state index < -0.39 is 62.6 Å². The number of carbonyl (C=O) groups is 4. The summed E-state index contributed by atoms with van der Waals surface area (Å²) in [5, 5.41) is 4.00. The number of rotatable bonds is 7. The predicted octanol–water partition coefficient (Wildman–Crippen LogP) is 4.97. The van der Waals surface area contributed by atoms with E-state index in [1.54, 1.807) is 12.3 Å². The molecular formula is C41H50N4O8S. The van der Waals surface area contributed by atoms with E-state index in [2.05, 4.69) is 33.8 Å². The number of hydrogen-bond acceptors (Lipinski definition) is 9. The fourth-order valence-corrected chi connectivity index (χ4v) is 10.7. The molecule has 1 aromatic heterocycles. The number of carbonyl (C=O) groups excluding carboxylic acids is 4. The van der Waals surface area contributed by atoms with E-state index in [4.69, 9.17) is 9.47 Å². The van der Waals surface area contributed by atoms with E-state index in [0.29, 0.717) is 18.7 Å². The summed E-state index contributed by atoms with van der Waals surface area (Å²) in [4.78, 5) is 62.8. The standard InChI is InChI=1S/C41H50N4O8S/c1-2-29-23-41(29,40(49)44-54(50,51)31-16-17-31)43-37(47)34-21-30-24-45(34)39(48)33(26-9-4-3-5-10-26)22-36(46)53-35-13-7-12-28(35)11-6-8-25-14-15-27-18-19-42-38(52-30)32(27)20-25/h2,6,8,14-15,18-20,26,28-31,33-35H,1,3-5,7,9-13,16-17,21-24H2,(H,43,47)(H,44,49)/b8-6+/t28-,29+,30-,33+,34+,35-,41-/m1/s1. The normalized spacial score (nSPS) is 32.5. The van der Waals surface area contributed by atoms with Crippen molar-refractivity contribution < 1.29 is 37.1 Å². The Kier molecular flexibility index (Phi) is 10.0. The van der Waals surface area contributed by atoms with Crippen molar-refractivity contribution in [1.82, 2.24) is 19.9 Å². The molecule has 54 heavy (non-hydrogen) atoms. The fourth-order valence-electron chi connectivity index (χ4n) is 9.32. The number of amides is 3. The quantitative estimate of drug-likeness (QED) is 0.294. The molecule has 12 nitrogen and oxygen atoms in total. The Morgan fingerprint density at radius 3 is 2.54 bits per heavy atom. The summed E-state index contributed by atoms with van der Waals surface area (Å²) in [6.45, 7) is 3.88. The van der Waals surface area contributed by atoms with Gasteiger partial charge in [0.25, 0.3) is 5.91 Å². The second-order valence-corrected chi connectivity index (χ2v) is 18.3. The van der Waals surface area contributed by atoms with E-state index >= 15 is 0 Å². The number of hydrogen-bond donors (Lipinski definition) is 2. The highest BCUT2D eigenvalue weighted by molar-refractivity contribution is 7.91. The fraction of sp³-hybridized carbons (Fsp3) is 0.585. The Morgan fingerprint density at radius 2 is 1.78 bits per heavy atom. The molecule has 13 heteroatoms. The summed E-state index contributed by atoms with van der Waals surface area (Å²) >= 11 is 0. The number of aromatic nitrogens is 1. The first kappa shape index (κ1) is 36.7. The molecule has 288 valence electrons. The minimum atomic E-state index is -3.87. The molecule has 3 amide bonds. The van der Waals surface area contributed by atoms with Gasteiger partial charge in [-0.2, -0.15) is 0 Å². The monoisotopic (exact) mass is 758 g/mol. The number of nitrogens with zero attached hydrogens (tertiary/aromatic N) is 2. The lowest BCUT2D eigenvalue weighted by molar-refractivity contribution is -0.157. The number of fused-ring (bicyclic) bond motifs is 4. The second kappa shape index (κ2) is 14.8. The van der Waals surface area contributed by atoms with Crippen LogP contribution >= 0.6 is 0 Å². The van der Waals surface area contributed by atoms with Gasteiger partial charge in [0, 0.05) is 23.9 Å². The molecule has 4 aliphatic carbocycles. The smallest absolute Gasteiger partial charge is 0.306 e. The Bertz CT molecular complexity index is 1970. The summed E-state index contributed by atoms with van der Waals surface area (Å²) in [7, 11) is -3.87. The molecule has 2 N–H and O–H groups in total. The van der Waals surface area contributed by atoms with E-state index in [-0.39, 0.29) is 49.7 Å². The van der Waals surface area contributed by atoms with Crippen molar-refractivity contribution in [3.8, 4) is 5.88 Å². The number of pyridine rings is 1. The third kappa shape index (κ3) is 7.40. The van der Waals surface area contributed by atoms with Crippen LogP contribution in [0.1, 0.15) is 95.5 Å². The Balaban J connectivity index is 1.13. The zero-order valence-electron chi connectivity index (χ0n) is 30.6. The molecule has 0 spiro atoms. The molecule has 4 bridgehead atoms. The zero-order valence-corrected chi connectivity index (χ0v) is 31.4. The molecule has 5 fully saturated rings. The van der Waals surface area contributed by atoms with Crippen molar-refractivity contribution >= 4 is 50.6 Å². The summed E-state index contributed by atoms with van der Waals surface area (Å²) < 4.78 is 40.4. The van der Waals surface area contributed by atoms with E-state index in [1.807, 2.05) is 24.3 Å². The molecule has 3 heterocycles. The molecule has 0 radical (unpaired) electrons. The minimum absolute atomic E-state index is 0.0492. The van der Waals surface area contributed by atoms with Gasteiger partial charge in [0.05, 0.1) is 24.1 Å². The highest BCUT2D eigenvalue weighted by Crippen LogP contribution is 2.46. The molecule has 1 aromatic carbocycles. The maximum Gasteiger partial charge on any atom is 0.306 e. The van der Waals surface area contributed by atoms with Crippen LogP contribution < -0.4 is 14.8 Å². The van der Waals surface area contributed by atoms with Crippen molar-refractivity contribution in [3.05, 3.63) is 54.8 Å². The van der Waals surface area contributed by atoms with Gasteiger partial charge in [-0.05, 0) is 92.7 Å². The van der Waals surface area contributed by atoms with Crippen LogP contribution in [0.5, 0.6) is 5.88 Å². The zero-order chi connectivity index (χ0) is 37.6. The number of ether oxygens (including phenoxy) is 2. The van der Waals surface area contributed by atoms with E-state index in [0.717, 1.165) is 74.1 Å². The number of allylic oxidation sites excluding steroid dienone is 1. The predicted molar refractivity (Wildman–Crippen MR) is 201 cm³/mol. The van der Waals surface area contributed by atoms with Crippen LogP contribution in [-0.4, -0.2) is 77.6 Å². The SMILES string of the molecule is C=C[C@H]1C[C@]1(NC(=O)[C@@H]1C[C@@H]2CN1C(=O)[C@H](C1CCCCC1)CC(=O)O[C@@H]1CCC[C@H]1C/C=C/c1ccc3ccnc(c3c1)O2)C(=O)NS(=O)(=O)C1CC1. The minimum Gasteiger partial charge on any atom is -0.472 e. The van der Waals surface area contributed by atoms with Crippen LogP contribution in [0.15, 0.2) is 49.2 Å². The van der Waals surface area contributed by atoms with Crippen LogP contribution in [-0.2, 0) is 33.9 Å². The van der Waals surface area contributed by atoms with Gasteiger partial charge in [0.1, 0.15) is 23.8 Å². The molecule has 1 saturated heterocycles. The van der Waals surface area contributed by atoms with Gasteiger partial charge in [-0.25, -0.2) is 13.4 Å². The first-order valence-corrected chi connectivity index (χ1v) is 21.3. The third-order valence-corrected chi connectivity index (χ3v) is 14.5. The summed E-state index contributed by atoms with van der Waals surface area (Å²) in [5.41, 5.74) is -0.538. The largest absolute Gasteiger partial charge is 0.472 e. The van der Waals surface area contributed by atoms with Gasteiger partial charge in [0.15, 0.2) is 0 Å². The van der Waals surface area contributed by atoms with Gasteiger partial charge in [-0.3, -0.25) is 23.9 Å². The molecule has 6 aliphatic rings. The molecule has 7 atom stereocenters. The maximum atomic E-state index is 14.9. The summed E-state index contributed by atoms with van der Waals surface area (Å²) in [6.07, 6.45) is 15.8. The lowest BCUT2D eigenvalue weighted by Gasteiger charge is -2.34. The average molecular weight is 759 g/mol. The van der Waals surface area contributed by atoms with Crippen molar-refractivity contribution in [2.75, 3.05) is 6.54 Å².